The lowest BCUT2D eigenvalue weighted by atomic mass is 10.1. The second-order valence-corrected chi connectivity index (χ2v) is 8.84. The van der Waals surface area contributed by atoms with Crippen molar-refractivity contribution in [2.24, 2.45) is 0 Å². The van der Waals surface area contributed by atoms with Gasteiger partial charge >= 0.3 is 0 Å². The molecular formula is C9H2Br2Cl2OS2. The van der Waals surface area contributed by atoms with Gasteiger partial charge in [-0.2, -0.15) is 0 Å². The van der Waals surface area contributed by atoms with E-state index < -0.39 is 0 Å². The van der Waals surface area contributed by atoms with Crippen molar-refractivity contribution in [2.45, 2.75) is 0 Å². The van der Waals surface area contributed by atoms with Crippen LogP contribution in [-0.4, -0.2) is 5.78 Å². The Hall–Kier alpha value is 0.610. The number of rotatable bonds is 2. The van der Waals surface area contributed by atoms with Gasteiger partial charge in [-0.3, -0.25) is 4.79 Å². The highest BCUT2D eigenvalue weighted by Crippen LogP contribution is 2.37. The average molecular weight is 421 g/mol. The summed E-state index contributed by atoms with van der Waals surface area (Å²) in [5, 5.41) is 0. The van der Waals surface area contributed by atoms with Crippen LogP contribution in [0.5, 0.6) is 0 Å². The van der Waals surface area contributed by atoms with Crippen LogP contribution in [-0.2, 0) is 0 Å². The molecule has 2 aromatic rings. The molecule has 0 saturated heterocycles. The molecule has 2 rings (SSSR count). The lowest BCUT2D eigenvalue weighted by Gasteiger charge is -1.96. The molecule has 0 aliphatic rings. The van der Waals surface area contributed by atoms with Crippen molar-refractivity contribution in [1.82, 2.24) is 0 Å². The zero-order chi connectivity index (χ0) is 11.9. The summed E-state index contributed by atoms with van der Waals surface area (Å²) in [5.41, 5.74) is 1.04. The van der Waals surface area contributed by atoms with E-state index in [9.17, 15) is 4.79 Å². The molecule has 16 heavy (non-hydrogen) atoms. The highest BCUT2D eigenvalue weighted by molar-refractivity contribution is 9.12. The van der Waals surface area contributed by atoms with Crippen molar-refractivity contribution in [1.29, 1.82) is 0 Å². The fourth-order valence-electron chi connectivity index (χ4n) is 1.14. The minimum atomic E-state index is -0.123. The summed E-state index contributed by atoms with van der Waals surface area (Å²) in [6.45, 7) is 0. The Labute approximate surface area is 127 Å². The number of ketones is 1. The van der Waals surface area contributed by atoms with Crippen molar-refractivity contribution in [3.8, 4) is 0 Å². The number of thiophene rings is 2. The summed E-state index contributed by atoms with van der Waals surface area (Å²) in [7, 11) is 0. The summed E-state index contributed by atoms with van der Waals surface area (Å²) >= 11 is 21.0. The van der Waals surface area contributed by atoms with Gasteiger partial charge < -0.3 is 0 Å². The molecule has 7 heteroatoms. The van der Waals surface area contributed by atoms with Gasteiger partial charge in [-0.15, -0.1) is 22.7 Å². The van der Waals surface area contributed by atoms with E-state index in [1.165, 1.54) is 22.7 Å². The Morgan fingerprint density at radius 1 is 1.12 bits per heavy atom. The molecule has 0 spiro atoms. The third-order valence-electron chi connectivity index (χ3n) is 1.80. The van der Waals surface area contributed by atoms with E-state index in [-0.39, 0.29) is 5.78 Å². The van der Waals surface area contributed by atoms with Crippen LogP contribution in [0.3, 0.4) is 0 Å². The van der Waals surface area contributed by atoms with Crippen molar-refractivity contribution < 1.29 is 4.79 Å². The monoisotopic (exact) mass is 418 g/mol. The zero-order valence-corrected chi connectivity index (χ0v) is 13.7. The van der Waals surface area contributed by atoms with Crippen LogP contribution in [0.2, 0.25) is 8.67 Å². The zero-order valence-electron chi connectivity index (χ0n) is 7.39. The topological polar surface area (TPSA) is 17.1 Å². The van der Waals surface area contributed by atoms with Gasteiger partial charge in [-0.05, 0) is 44.0 Å². The van der Waals surface area contributed by atoms with Crippen LogP contribution >= 0.6 is 77.7 Å². The first-order valence-corrected chi connectivity index (χ1v) is 7.91. The van der Waals surface area contributed by atoms with Crippen molar-refractivity contribution in [3.63, 3.8) is 0 Å². The Morgan fingerprint density at radius 2 is 1.81 bits per heavy atom. The molecule has 0 atom stereocenters. The molecule has 0 amide bonds. The van der Waals surface area contributed by atoms with Gasteiger partial charge in [-0.1, -0.05) is 23.2 Å². The lowest BCUT2D eigenvalue weighted by molar-refractivity contribution is 0.103. The van der Waals surface area contributed by atoms with Gasteiger partial charge in [0.1, 0.15) is 4.34 Å². The second-order valence-electron chi connectivity index (χ2n) is 2.80. The summed E-state index contributed by atoms with van der Waals surface area (Å²) < 4.78 is 2.60. The normalized spacial score (nSPS) is 10.8. The number of carbonyl (C=O) groups excluding carboxylic acids is 1. The fourth-order valence-corrected chi connectivity index (χ4v) is 5.39. The molecule has 0 aromatic carbocycles. The maximum Gasteiger partial charge on any atom is 0.197 e. The Morgan fingerprint density at radius 3 is 2.25 bits per heavy atom. The molecule has 0 unspecified atom stereocenters. The minimum Gasteiger partial charge on any atom is -0.288 e. The molecule has 0 aliphatic heterocycles. The van der Waals surface area contributed by atoms with E-state index in [1.807, 2.05) is 0 Å². The maximum atomic E-state index is 12.1. The first-order valence-electron chi connectivity index (χ1n) is 3.93. The molecule has 0 aliphatic carbocycles. The predicted molar refractivity (Wildman–Crippen MR) is 77.5 cm³/mol. The highest BCUT2D eigenvalue weighted by atomic mass is 79.9. The largest absolute Gasteiger partial charge is 0.288 e. The first-order chi connectivity index (χ1) is 7.49. The van der Waals surface area contributed by atoms with Gasteiger partial charge in [0.15, 0.2) is 5.78 Å². The molecular weight excluding hydrogens is 419 g/mol. The van der Waals surface area contributed by atoms with Crippen LogP contribution in [0.4, 0.5) is 0 Å². The standard InChI is InChI=1S/C9H2Br2Cl2OS2/c10-5-1-3(8(11)15-5)7(14)4-2-6(12)16-9(4)13/h1-2H. The molecule has 2 aromatic heterocycles. The van der Waals surface area contributed by atoms with Crippen molar-refractivity contribution in [3.05, 3.63) is 39.5 Å². The van der Waals surface area contributed by atoms with Crippen LogP contribution in [0.1, 0.15) is 15.9 Å². The molecule has 84 valence electrons. The van der Waals surface area contributed by atoms with Gasteiger partial charge in [0, 0.05) is 5.56 Å². The smallest absolute Gasteiger partial charge is 0.197 e. The number of hydrogen-bond donors (Lipinski definition) is 0. The van der Waals surface area contributed by atoms with E-state index in [0.29, 0.717) is 19.8 Å². The third kappa shape index (κ3) is 2.54. The molecule has 0 fully saturated rings. The van der Waals surface area contributed by atoms with Gasteiger partial charge in [0.05, 0.1) is 17.5 Å². The Bertz CT molecular complexity index is 514. The average Bonchev–Trinajstić information content (AvgIpc) is 2.68. The number of carbonyl (C=O) groups is 1. The molecule has 0 saturated carbocycles. The van der Waals surface area contributed by atoms with E-state index in [1.54, 1.807) is 12.1 Å². The van der Waals surface area contributed by atoms with E-state index in [2.05, 4.69) is 31.9 Å². The Kier molecular flexibility index (Phi) is 4.14. The van der Waals surface area contributed by atoms with Gasteiger partial charge in [-0.25, -0.2) is 0 Å². The molecule has 0 bridgehead atoms. The van der Waals surface area contributed by atoms with Crippen LogP contribution < -0.4 is 0 Å². The maximum absolute atomic E-state index is 12.1. The number of hydrogen-bond acceptors (Lipinski definition) is 3. The predicted octanol–water partition coefficient (Wildman–Crippen LogP) is 5.87. The quantitative estimate of drug-likeness (QED) is 0.555. The molecule has 1 nitrogen and oxygen atoms in total. The lowest BCUT2D eigenvalue weighted by Crippen LogP contribution is -1.98. The van der Waals surface area contributed by atoms with E-state index in [0.717, 1.165) is 7.57 Å². The fraction of sp³-hybridized carbons (Fsp3) is 0. The van der Waals surface area contributed by atoms with Crippen LogP contribution in [0, 0.1) is 0 Å². The van der Waals surface area contributed by atoms with Crippen LogP contribution in [0.25, 0.3) is 0 Å². The third-order valence-corrected chi connectivity index (χ3v) is 5.63. The summed E-state index contributed by atoms with van der Waals surface area (Å²) in [4.78, 5) is 12.1. The van der Waals surface area contributed by atoms with Crippen molar-refractivity contribution >= 4 is 83.5 Å². The first kappa shape index (κ1) is 13.1. The molecule has 0 N–H and O–H groups in total. The van der Waals surface area contributed by atoms with Crippen LogP contribution in [0.15, 0.2) is 19.7 Å². The van der Waals surface area contributed by atoms with E-state index >= 15 is 0 Å². The Balaban J connectivity index is 2.46. The molecule has 2 heterocycles. The summed E-state index contributed by atoms with van der Waals surface area (Å²) in [5.74, 6) is -0.123. The summed E-state index contributed by atoms with van der Waals surface area (Å²) in [6, 6.07) is 3.36. The minimum absolute atomic E-state index is 0.123. The second kappa shape index (κ2) is 5.08. The molecule has 0 radical (unpaired) electrons. The van der Waals surface area contributed by atoms with Crippen molar-refractivity contribution in [2.75, 3.05) is 0 Å². The summed E-state index contributed by atoms with van der Waals surface area (Å²) in [6.07, 6.45) is 0. The van der Waals surface area contributed by atoms with Gasteiger partial charge in [0.25, 0.3) is 0 Å². The van der Waals surface area contributed by atoms with E-state index in [4.69, 9.17) is 23.2 Å². The highest BCUT2D eigenvalue weighted by Gasteiger charge is 2.20. The van der Waals surface area contributed by atoms with Gasteiger partial charge in [0.2, 0.25) is 0 Å². The number of halogens is 4. The SMILES string of the molecule is O=C(c1cc(Cl)sc1Cl)c1cc(Br)sc1Br.